The molecule has 0 aromatic carbocycles. The number of rotatable bonds is 5. The Balaban J connectivity index is 1.53. The van der Waals surface area contributed by atoms with Gasteiger partial charge in [-0.1, -0.05) is 12.8 Å². The topological polar surface area (TPSA) is 16.1 Å². The smallest absolute Gasteiger partial charge is 0.0941 e. The molecule has 1 aliphatic heterocycles. The number of nitrogens with zero attached hydrogens (tertiary/aromatic N) is 2. The lowest BCUT2D eigenvalue weighted by atomic mass is 9.96. The van der Waals surface area contributed by atoms with Crippen molar-refractivity contribution in [1.29, 1.82) is 0 Å². The fourth-order valence-corrected chi connectivity index (χ4v) is 4.79. The molecule has 1 saturated heterocycles. The van der Waals surface area contributed by atoms with Crippen molar-refractivity contribution in [3.05, 3.63) is 16.1 Å². The molecular weight excluding hydrogens is 276 g/mol. The van der Waals surface area contributed by atoms with Crippen LogP contribution in [-0.2, 0) is 12.3 Å². The molecule has 1 aromatic rings. The average Bonchev–Trinajstić information content (AvgIpc) is 3.16. The van der Waals surface area contributed by atoms with Gasteiger partial charge in [0.15, 0.2) is 0 Å². The second kappa shape index (κ2) is 6.55. The summed E-state index contributed by atoms with van der Waals surface area (Å²) in [6.07, 6.45) is 9.77. The van der Waals surface area contributed by atoms with E-state index in [1.165, 1.54) is 56.6 Å². The van der Waals surface area contributed by atoms with Gasteiger partial charge in [0.1, 0.15) is 0 Å². The highest BCUT2D eigenvalue weighted by atomic mass is 35.5. The highest BCUT2D eigenvalue weighted by Gasteiger charge is 2.32. The van der Waals surface area contributed by atoms with Crippen LogP contribution in [-0.4, -0.2) is 29.0 Å². The molecule has 1 unspecified atom stereocenters. The van der Waals surface area contributed by atoms with Gasteiger partial charge in [-0.15, -0.1) is 22.9 Å². The second-order valence-corrected chi connectivity index (χ2v) is 7.12. The van der Waals surface area contributed by atoms with E-state index in [-0.39, 0.29) is 0 Å². The summed E-state index contributed by atoms with van der Waals surface area (Å²) in [4.78, 5) is 7.31. The molecule has 0 bridgehead atoms. The molecule has 1 saturated carbocycles. The van der Waals surface area contributed by atoms with Crippen LogP contribution >= 0.6 is 22.9 Å². The van der Waals surface area contributed by atoms with Crippen molar-refractivity contribution >= 4 is 22.9 Å². The SMILES string of the molecule is ClCc1csc(CCN2CCCC2C2CCCC2)n1. The van der Waals surface area contributed by atoms with E-state index in [9.17, 15) is 0 Å². The number of hydrogen-bond donors (Lipinski definition) is 0. The Morgan fingerprint density at radius 1 is 1.26 bits per heavy atom. The number of alkyl halides is 1. The lowest BCUT2D eigenvalue weighted by Crippen LogP contribution is -2.36. The molecule has 1 atom stereocenters. The van der Waals surface area contributed by atoms with E-state index in [4.69, 9.17) is 11.6 Å². The molecule has 0 spiro atoms. The van der Waals surface area contributed by atoms with E-state index in [2.05, 4.69) is 15.3 Å². The maximum absolute atomic E-state index is 5.81. The van der Waals surface area contributed by atoms with Gasteiger partial charge in [-0.3, -0.25) is 4.90 Å². The first-order chi connectivity index (χ1) is 9.36. The van der Waals surface area contributed by atoms with Crippen molar-refractivity contribution in [1.82, 2.24) is 9.88 Å². The first-order valence-electron chi connectivity index (χ1n) is 7.60. The second-order valence-electron chi connectivity index (χ2n) is 5.91. The van der Waals surface area contributed by atoms with Crippen molar-refractivity contribution in [2.45, 2.75) is 56.9 Å². The molecule has 2 fully saturated rings. The van der Waals surface area contributed by atoms with E-state index >= 15 is 0 Å². The zero-order chi connectivity index (χ0) is 13.1. The Kier molecular flexibility index (Phi) is 4.78. The third kappa shape index (κ3) is 3.32. The minimum Gasteiger partial charge on any atom is -0.300 e. The molecule has 3 rings (SSSR count). The van der Waals surface area contributed by atoms with Gasteiger partial charge >= 0.3 is 0 Å². The minimum absolute atomic E-state index is 0.547. The Morgan fingerprint density at radius 3 is 2.84 bits per heavy atom. The normalized spacial score (nSPS) is 25.4. The standard InChI is InChI=1S/C15H23ClN2S/c16-10-13-11-19-15(17-13)7-9-18-8-3-6-14(18)12-4-1-2-5-12/h11-12,14H,1-10H2. The van der Waals surface area contributed by atoms with Crippen LogP contribution in [0.1, 0.15) is 49.2 Å². The summed E-state index contributed by atoms with van der Waals surface area (Å²) in [5, 5.41) is 3.36. The first kappa shape index (κ1) is 13.8. The molecule has 0 radical (unpaired) electrons. The number of likely N-dealkylation sites (tertiary alicyclic amines) is 1. The number of aromatic nitrogens is 1. The van der Waals surface area contributed by atoms with Gasteiger partial charge in [-0.25, -0.2) is 4.98 Å². The monoisotopic (exact) mass is 298 g/mol. The van der Waals surface area contributed by atoms with Crippen LogP contribution in [0.4, 0.5) is 0 Å². The van der Waals surface area contributed by atoms with Crippen molar-refractivity contribution in [3.63, 3.8) is 0 Å². The lowest BCUT2D eigenvalue weighted by molar-refractivity contribution is 0.192. The van der Waals surface area contributed by atoms with Gasteiger partial charge in [0.2, 0.25) is 0 Å². The zero-order valence-electron chi connectivity index (χ0n) is 11.5. The summed E-state index contributed by atoms with van der Waals surface area (Å²) >= 11 is 7.58. The third-order valence-electron chi connectivity index (χ3n) is 4.71. The highest BCUT2D eigenvalue weighted by molar-refractivity contribution is 7.09. The van der Waals surface area contributed by atoms with Crippen molar-refractivity contribution in [2.24, 2.45) is 5.92 Å². The summed E-state index contributed by atoms with van der Waals surface area (Å²) in [7, 11) is 0. The maximum Gasteiger partial charge on any atom is 0.0941 e. The quantitative estimate of drug-likeness (QED) is 0.762. The Hall–Kier alpha value is -0.120. The molecule has 0 N–H and O–H groups in total. The maximum atomic E-state index is 5.81. The van der Waals surface area contributed by atoms with Gasteiger partial charge in [0.25, 0.3) is 0 Å². The Morgan fingerprint density at radius 2 is 2.11 bits per heavy atom. The van der Waals surface area contributed by atoms with Crippen molar-refractivity contribution in [3.8, 4) is 0 Å². The molecule has 1 aromatic heterocycles. The molecule has 19 heavy (non-hydrogen) atoms. The van der Waals surface area contributed by atoms with E-state index < -0.39 is 0 Å². The lowest BCUT2D eigenvalue weighted by Gasteiger charge is -2.29. The molecule has 106 valence electrons. The van der Waals surface area contributed by atoms with Crippen LogP contribution in [0.15, 0.2) is 5.38 Å². The molecular formula is C15H23ClN2S. The predicted octanol–water partition coefficient (Wildman–Crippen LogP) is 4.08. The van der Waals surface area contributed by atoms with Gasteiger partial charge in [-0.2, -0.15) is 0 Å². The highest BCUT2D eigenvalue weighted by Crippen LogP contribution is 2.35. The molecule has 2 heterocycles. The summed E-state index contributed by atoms with van der Waals surface area (Å²) in [6, 6.07) is 0.870. The Bertz CT molecular complexity index is 401. The summed E-state index contributed by atoms with van der Waals surface area (Å²) in [6.45, 7) is 2.49. The predicted molar refractivity (Wildman–Crippen MR) is 81.9 cm³/mol. The van der Waals surface area contributed by atoms with Crippen LogP contribution in [0.2, 0.25) is 0 Å². The molecule has 1 aliphatic carbocycles. The van der Waals surface area contributed by atoms with Gasteiger partial charge in [-0.05, 0) is 38.1 Å². The Labute approximate surface area is 125 Å². The third-order valence-corrected chi connectivity index (χ3v) is 5.94. The molecule has 2 aliphatic rings. The molecule has 0 amide bonds. The van der Waals surface area contributed by atoms with Crippen LogP contribution < -0.4 is 0 Å². The number of hydrogen-bond acceptors (Lipinski definition) is 3. The average molecular weight is 299 g/mol. The van der Waals surface area contributed by atoms with Crippen LogP contribution in [0.3, 0.4) is 0 Å². The van der Waals surface area contributed by atoms with Crippen molar-refractivity contribution < 1.29 is 0 Å². The first-order valence-corrected chi connectivity index (χ1v) is 9.01. The zero-order valence-corrected chi connectivity index (χ0v) is 13.1. The van der Waals surface area contributed by atoms with Gasteiger partial charge < -0.3 is 0 Å². The van der Waals surface area contributed by atoms with Gasteiger partial charge in [0.05, 0.1) is 16.6 Å². The summed E-state index contributed by atoms with van der Waals surface area (Å²) in [5.74, 6) is 1.53. The number of halogens is 1. The van der Waals surface area contributed by atoms with Crippen molar-refractivity contribution in [2.75, 3.05) is 13.1 Å². The van der Waals surface area contributed by atoms with Crippen LogP contribution in [0.5, 0.6) is 0 Å². The van der Waals surface area contributed by atoms with Gasteiger partial charge in [0, 0.05) is 24.4 Å². The van der Waals surface area contributed by atoms with E-state index in [0.29, 0.717) is 5.88 Å². The largest absolute Gasteiger partial charge is 0.300 e. The van der Waals surface area contributed by atoms with Crippen LogP contribution in [0.25, 0.3) is 0 Å². The van der Waals surface area contributed by atoms with E-state index in [1.54, 1.807) is 11.3 Å². The summed E-state index contributed by atoms with van der Waals surface area (Å²) < 4.78 is 0. The number of thiazole rings is 1. The fraction of sp³-hybridized carbons (Fsp3) is 0.800. The fourth-order valence-electron chi connectivity index (χ4n) is 3.77. The van der Waals surface area contributed by atoms with Crippen LogP contribution in [0, 0.1) is 5.92 Å². The van der Waals surface area contributed by atoms with E-state index in [0.717, 1.165) is 24.1 Å². The molecule has 2 nitrogen and oxygen atoms in total. The van der Waals surface area contributed by atoms with E-state index in [1.807, 2.05) is 0 Å². The minimum atomic E-state index is 0.547. The summed E-state index contributed by atoms with van der Waals surface area (Å²) in [5.41, 5.74) is 1.04. The molecule has 4 heteroatoms.